The lowest BCUT2D eigenvalue weighted by Gasteiger charge is -2.21. The second kappa shape index (κ2) is 11.0. The minimum absolute atomic E-state index is 0.000570. The topological polar surface area (TPSA) is 71.4 Å². The fourth-order valence-electron chi connectivity index (χ4n) is 4.61. The number of aromatic nitrogens is 1. The van der Waals surface area contributed by atoms with Gasteiger partial charge in [-0.15, -0.1) is 0 Å². The van der Waals surface area contributed by atoms with Crippen molar-refractivity contribution in [1.29, 1.82) is 0 Å². The summed E-state index contributed by atoms with van der Waals surface area (Å²) in [5, 5.41) is 2.70. The van der Waals surface area contributed by atoms with E-state index in [9.17, 15) is 14.4 Å². The Hall–Kier alpha value is -3.67. The van der Waals surface area contributed by atoms with Crippen LogP contribution in [-0.4, -0.2) is 40.9 Å². The molecule has 0 bridgehead atoms. The molecule has 176 valence electrons. The monoisotopic (exact) mass is 457 g/mol. The minimum atomic E-state index is -0.510. The van der Waals surface area contributed by atoms with Gasteiger partial charge in [0.25, 0.3) is 11.8 Å². The number of nitrogens with one attached hydrogen (secondary N) is 1. The van der Waals surface area contributed by atoms with Crippen molar-refractivity contribution in [3.63, 3.8) is 0 Å². The maximum atomic E-state index is 13.5. The van der Waals surface area contributed by atoms with Gasteiger partial charge >= 0.3 is 0 Å². The van der Waals surface area contributed by atoms with E-state index >= 15 is 0 Å². The Bertz CT molecular complexity index is 1190. The van der Waals surface area contributed by atoms with Crippen LogP contribution in [0.25, 0.3) is 0 Å². The zero-order chi connectivity index (χ0) is 23.9. The number of hydrogen-bond acceptors (Lipinski definition) is 3. The van der Waals surface area contributed by atoms with Gasteiger partial charge in [-0.3, -0.25) is 14.4 Å². The number of amides is 2. The summed E-state index contributed by atoms with van der Waals surface area (Å²) in [6, 6.07) is 20.2. The van der Waals surface area contributed by atoms with Gasteiger partial charge in [0.15, 0.2) is 0 Å². The van der Waals surface area contributed by atoms with Crippen LogP contribution in [0.1, 0.15) is 63.9 Å². The van der Waals surface area contributed by atoms with Gasteiger partial charge < -0.3 is 14.8 Å². The summed E-state index contributed by atoms with van der Waals surface area (Å²) in [6.07, 6.45) is 5.87. The molecule has 0 saturated carbocycles. The number of carbonyl (C=O) groups is 2. The molecular weight excluding hydrogens is 426 g/mol. The van der Waals surface area contributed by atoms with Crippen LogP contribution >= 0.6 is 0 Å². The quantitative estimate of drug-likeness (QED) is 0.607. The summed E-state index contributed by atoms with van der Waals surface area (Å²) in [7, 11) is 0. The fraction of sp³-hybridized carbons (Fsp3) is 0.321. The Morgan fingerprint density at radius 1 is 0.912 bits per heavy atom. The molecule has 1 saturated heterocycles. The van der Waals surface area contributed by atoms with Crippen molar-refractivity contribution in [3.8, 4) is 0 Å². The second-order valence-electron chi connectivity index (χ2n) is 8.76. The van der Waals surface area contributed by atoms with Crippen LogP contribution < -0.4 is 10.7 Å². The van der Waals surface area contributed by atoms with Gasteiger partial charge in [-0.25, -0.2) is 0 Å². The van der Waals surface area contributed by atoms with Crippen molar-refractivity contribution in [3.05, 3.63) is 106 Å². The van der Waals surface area contributed by atoms with E-state index < -0.39 is 11.3 Å². The Morgan fingerprint density at radius 3 is 2.29 bits per heavy atom. The summed E-state index contributed by atoms with van der Waals surface area (Å²) in [4.78, 5) is 41.2. The van der Waals surface area contributed by atoms with Crippen molar-refractivity contribution >= 4 is 11.8 Å². The molecule has 2 heterocycles. The second-order valence-corrected chi connectivity index (χ2v) is 8.76. The van der Waals surface area contributed by atoms with E-state index in [1.54, 1.807) is 28.8 Å². The molecule has 1 unspecified atom stereocenters. The van der Waals surface area contributed by atoms with Crippen molar-refractivity contribution in [1.82, 2.24) is 14.8 Å². The predicted octanol–water partition coefficient (Wildman–Crippen LogP) is 4.06. The largest absolute Gasteiger partial charge is 0.352 e. The number of benzene rings is 2. The van der Waals surface area contributed by atoms with E-state index in [-0.39, 0.29) is 17.0 Å². The smallest absolute Gasteiger partial charge is 0.259 e. The molecule has 0 aliphatic carbocycles. The highest BCUT2D eigenvalue weighted by atomic mass is 16.2. The number of rotatable bonds is 6. The molecule has 1 fully saturated rings. The SMILES string of the molecule is CCNC(=O)c1cn(Cc2ccccc2)cc(C(=O)N2CCCC(c3ccccc3)CC2)c1=O. The fourth-order valence-corrected chi connectivity index (χ4v) is 4.61. The zero-order valence-corrected chi connectivity index (χ0v) is 19.6. The molecule has 34 heavy (non-hydrogen) atoms. The molecule has 6 nitrogen and oxygen atoms in total. The third kappa shape index (κ3) is 5.45. The third-order valence-electron chi connectivity index (χ3n) is 6.39. The lowest BCUT2D eigenvalue weighted by Crippen LogP contribution is -2.38. The number of likely N-dealkylation sites (tertiary alicyclic amines) is 1. The van der Waals surface area contributed by atoms with Crippen molar-refractivity contribution in [2.75, 3.05) is 19.6 Å². The first-order valence-electron chi connectivity index (χ1n) is 12.0. The lowest BCUT2D eigenvalue weighted by atomic mass is 9.92. The molecule has 2 amide bonds. The van der Waals surface area contributed by atoms with E-state index in [0.29, 0.717) is 32.1 Å². The summed E-state index contributed by atoms with van der Waals surface area (Å²) in [5.41, 5.74) is 1.86. The normalized spacial score (nSPS) is 16.0. The van der Waals surface area contributed by atoms with Gasteiger partial charge in [0.05, 0.1) is 0 Å². The van der Waals surface area contributed by atoms with Gasteiger partial charge in [-0.1, -0.05) is 60.7 Å². The maximum Gasteiger partial charge on any atom is 0.259 e. The first-order valence-corrected chi connectivity index (χ1v) is 12.0. The molecule has 1 aliphatic rings. The molecule has 2 aromatic carbocycles. The highest BCUT2D eigenvalue weighted by Gasteiger charge is 2.26. The zero-order valence-electron chi connectivity index (χ0n) is 19.6. The number of hydrogen-bond donors (Lipinski definition) is 1. The summed E-state index contributed by atoms with van der Waals surface area (Å²) >= 11 is 0. The maximum absolute atomic E-state index is 13.5. The van der Waals surface area contributed by atoms with Crippen LogP contribution in [0.2, 0.25) is 0 Å². The molecule has 1 aliphatic heterocycles. The molecule has 1 atom stereocenters. The average Bonchev–Trinajstić information content (AvgIpc) is 3.12. The number of carbonyl (C=O) groups excluding carboxylic acids is 2. The van der Waals surface area contributed by atoms with E-state index in [1.807, 2.05) is 48.5 Å². The third-order valence-corrected chi connectivity index (χ3v) is 6.39. The number of pyridine rings is 1. The standard InChI is InChI=1S/C28H31N3O3/c1-2-29-27(33)24-19-30(18-21-10-5-3-6-11-21)20-25(26(24)32)28(34)31-16-9-14-23(15-17-31)22-12-7-4-8-13-22/h3-8,10-13,19-20,23H,2,9,14-18H2,1H3,(H,29,33). The summed E-state index contributed by atoms with van der Waals surface area (Å²) < 4.78 is 1.76. The highest BCUT2D eigenvalue weighted by molar-refractivity contribution is 5.99. The Kier molecular flexibility index (Phi) is 7.58. The van der Waals surface area contributed by atoms with E-state index in [0.717, 1.165) is 24.8 Å². The Balaban J connectivity index is 1.61. The van der Waals surface area contributed by atoms with Gasteiger partial charge in [-0.2, -0.15) is 0 Å². The van der Waals surface area contributed by atoms with Gasteiger partial charge in [0.2, 0.25) is 5.43 Å². The van der Waals surface area contributed by atoms with Gasteiger partial charge in [0.1, 0.15) is 11.1 Å². The summed E-state index contributed by atoms with van der Waals surface area (Å²) in [5.74, 6) is -0.356. The minimum Gasteiger partial charge on any atom is -0.352 e. The van der Waals surface area contributed by atoms with Crippen LogP contribution in [-0.2, 0) is 6.54 Å². The van der Waals surface area contributed by atoms with Crippen LogP contribution in [0.3, 0.4) is 0 Å². The first-order chi connectivity index (χ1) is 16.6. The molecule has 0 spiro atoms. The summed E-state index contributed by atoms with van der Waals surface area (Å²) in [6.45, 7) is 3.86. The van der Waals surface area contributed by atoms with E-state index in [1.165, 1.54) is 5.56 Å². The van der Waals surface area contributed by atoms with Gasteiger partial charge in [0, 0.05) is 38.6 Å². The highest BCUT2D eigenvalue weighted by Crippen LogP contribution is 2.28. The lowest BCUT2D eigenvalue weighted by molar-refractivity contribution is 0.0759. The predicted molar refractivity (Wildman–Crippen MR) is 133 cm³/mol. The van der Waals surface area contributed by atoms with Crippen molar-refractivity contribution in [2.45, 2.75) is 38.6 Å². The van der Waals surface area contributed by atoms with Crippen molar-refractivity contribution in [2.24, 2.45) is 0 Å². The first kappa shape index (κ1) is 23.5. The molecule has 0 radical (unpaired) electrons. The molecule has 1 aromatic heterocycles. The molecule has 6 heteroatoms. The number of nitrogens with zero attached hydrogens (tertiary/aromatic N) is 2. The van der Waals surface area contributed by atoms with Crippen molar-refractivity contribution < 1.29 is 9.59 Å². The van der Waals surface area contributed by atoms with E-state index in [2.05, 4.69) is 17.4 Å². The van der Waals surface area contributed by atoms with Gasteiger partial charge in [-0.05, 0) is 43.2 Å². The van der Waals surface area contributed by atoms with Crippen LogP contribution in [0.5, 0.6) is 0 Å². The molecular formula is C28H31N3O3. The Labute approximate surface area is 200 Å². The Morgan fingerprint density at radius 2 is 1.59 bits per heavy atom. The average molecular weight is 458 g/mol. The van der Waals surface area contributed by atoms with E-state index in [4.69, 9.17) is 0 Å². The van der Waals surface area contributed by atoms with Crippen LogP contribution in [0, 0.1) is 0 Å². The molecule has 1 N–H and O–H groups in total. The molecule has 3 aromatic rings. The molecule has 4 rings (SSSR count). The van der Waals surface area contributed by atoms with Crippen LogP contribution in [0.15, 0.2) is 77.9 Å². The van der Waals surface area contributed by atoms with Crippen LogP contribution in [0.4, 0.5) is 0 Å².